The predicted octanol–water partition coefficient (Wildman–Crippen LogP) is 3.12. The second-order valence-electron chi connectivity index (χ2n) is 5.32. The Labute approximate surface area is 115 Å². The van der Waals surface area contributed by atoms with Gasteiger partial charge in [0.1, 0.15) is 0 Å². The van der Waals surface area contributed by atoms with Crippen LogP contribution in [-0.2, 0) is 6.42 Å². The number of hydrogen-bond donors (Lipinski definition) is 1. The van der Waals surface area contributed by atoms with Gasteiger partial charge in [0.05, 0.1) is 6.10 Å². The molecule has 1 aromatic carbocycles. The molecule has 1 aromatic rings. The number of hydrogen-bond acceptors (Lipinski definition) is 2. The highest BCUT2D eigenvalue weighted by Crippen LogP contribution is 2.22. The van der Waals surface area contributed by atoms with Gasteiger partial charge in [0.2, 0.25) is 0 Å². The van der Waals surface area contributed by atoms with Gasteiger partial charge in [-0.05, 0) is 56.8 Å². The number of aliphatic hydroxyl groups excluding tert-OH is 1. The smallest absolute Gasteiger partial charge is 0.0541 e. The van der Waals surface area contributed by atoms with E-state index in [0.717, 1.165) is 43.7 Å². The number of rotatable bonds is 4. The maximum Gasteiger partial charge on any atom is 0.0541 e. The van der Waals surface area contributed by atoms with Crippen molar-refractivity contribution in [3.05, 3.63) is 34.9 Å². The molecule has 1 saturated carbocycles. The van der Waals surface area contributed by atoms with E-state index in [1.54, 1.807) is 0 Å². The van der Waals surface area contributed by atoms with Crippen LogP contribution in [0.3, 0.4) is 0 Å². The zero-order valence-electron chi connectivity index (χ0n) is 11.0. The molecular weight excluding hydrogens is 246 g/mol. The molecule has 2 rings (SSSR count). The van der Waals surface area contributed by atoms with Crippen molar-refractivity contribution in [2.75, 3.05) is 13.6 Å². The van der Waals surface area contributed by atoms with E-state index in [1.165, 1.54) is 5.56 Å². The average Bonchev–Trinajstić information content (AvgIpc) is 2.38. The molecule has 0 aromatic heterocycles. The van der Waals surface area contributed by atoms with Gasteiger partial charge in [-0.25, -0.2) is 0 Å². The molecule has 0 saturated heterocycles. The molecule has 18 heavy (non-hydrogen) atoms. The van der Waals surface area contributed by atoms with Gasteiger partial charge in [0.25, 0.3) is 0 Å². The van der Waals surface area contributed by atoms with Gasteiger partial charge in [-0.15, -0.1) is 0 Å². The zero-order valence-corrected chi connectivity index (χ0v) is 11.7. The van der Waals surface area contributed by atoms with Gasteiger partial charge in [-0.1, -0.05) is 23.7 Å². The average molecular weight is 268 g/mol. The number of likely N-dealkylation sites (N-methyl/N-ethyl adjacent to an activating group) is 1. The van der Waals surface area contributed by atoms with Crippen LogP contribution in [-0.4, -0.2) is 35.7 Å². The van der Waals surface area contributed by atoms with Crippen LogP contribution < -0.4 is 0 Å². The summed E-state index contributed by atoms with van der Waals surface area (Å²) >= 11 is 5.88. The number of aliphatic hydroxyl groups is 1. The van der Waals surface area contributed by atoms with Crippen LogP contribution in [0.25, 0.3) is 0 Å². The summed E-state index contributed by atoms with van der Waals surface area (Å²) in [6, 6.07) is 8.74. The maximum absolute atomic E-state index is 9.51. The Morgan fingerprint density at radius 3 is 2.39 bits per heavy atom. The van der Waals surface area contributed by atoms with Crippen molar-refractivity contribution in [1.82, 2.24) is 4.90 Å². The lowest BCUT2D eigenvalue weighted by Crippen LogP contribution is -2.37. The second-order valence-corrected chi connectivity index (χ2v) is 5.76. The van der Waals surface area contributed by atoms with Gasteiger partial charge < -0.3 is 10.0 Å². The molecule has 0 radical (unpaired) electrons. The van der Waals surface area contributed by atoms with Crippen LogP contribution in [0.2, 0.25) is 5.02 Å². The van der Waals surface area contributed by atoms with Gasteiger partial charge in [-0.2, -0.15) is 0 Å². The molecule has 0 bridgehead atoms. The van der Waals surface area contributed by atoms with E-state index in [1.807, 2.05) is 12.1 Å². The van der Waals surface area contributed by atoms with Crippen LogP contribution in [0.1, 0.15) is 31.2 Å². The topological polar surface area (TPSA) is 23.5 Å². The summed E-state index contributed by atoms with van der Waals surface area (Å²) in [7, 11) is 2.19. The number of nitrogens with zero attached hydrogens (tertiary/aromatic N) is 1. The van der Waals surface area contributed by atoms with Crippen LogP contribution in [0.15, 0.2) is 24.3 Å². The highest BCUT2D eigenvalue weighted by molar-refractivity contribution is 6.30. The molecule has 0 unspecified atom stereocenters. The standard InChI is InChI=1S/C15H22ClNO/c1-17(14-6-8-15(18)9-7-14)11-10-12-2-4-13(16)5-3-12/h2-5,14-15,18H,6-11H2,1H3. The molecule has 3 heteroatoms. The SMILES string of the molecule is CN(CCc1ccc(Cl)cc1)C1CCC(O)CC1. The Morgan fingerprint density at radius 1 is 1.17 bits per heavy atom. The Morgan fingerprint density at radius 2 is 1.78 bits per heavy atom. The fourth-order valence-corrected chi connectivity index (χ4v) is 2.76. The third-order valence-corrected chi connectivity index (χ3v) is 4.21. The van der Waals surface area contributed by atoms with Crippen LogP contribution in [0, 0.1) is 0 Å². The Balaban J connectivity index is 1.77. The summed E-state index contributed by atoms with van der Waals surface area (Å²) < 4.78 is 0. The predicted molar refractivity (Wildman–Crippen MR) is 76.0 cm³/mol. The molecule has 1 aliphatic rings. The van der Waals surface area contributed by atoms with E-state index in [2.05, 4.69) is 24.1 Å². The van der Waals surface area contributed by atoms with Gasteiger partial charge in [0, 0.05) is 17.6 Å². The lowest BCUT2D eigenvalue weighted by atomic mass is 9.92. The second kappa shape index (κ2) is 6.55. The molecular formula is C15H22ClNO. The minimum Gasteiger partial charge on any atom is -0.393 e. The maximum atomic E-state index is 9.51. The summed E-state index contributed by atoms with van der Waals surface area (Å²) in [5.41, 5.74) is 1.34. The van der Waals surface area contributed by atoms with E-state index < -0.39 is 0 Å². The minimum absolute atomic E-state index is 0.0640. The molecule has 0 amide bonds. The first-order chi connectivity index (χ1) is 8.65. The molecule has 1 N–H and O–H groups in total. The Hall–Kier alpha value is -0.570. The molecule has 2 nitrogen and oxygen atoms in total. The largest absolute Gasteiger partial charge is 0.393 e. The highest BCUT2D eigenvalue weighted by Gasteiger charge is 2.22. The lowest BCUT2D eigenvalue weighted by Gasteiger charge is -2.33. The molecule has 0 heterocycles. The molecule has 0 atom stereocenters. The molecule has 1 aliphatic carbocycles. The lowest BCUT2D eigenvalue weighted by molar-refractivity contribution is 0.0847. The monoisotopic (exact) mass is 267 g/mol. The van der Waals surface area contributed by atoms with Crippen LogP contribution in [0.4, 0.5) is 0 Å². The number of benzene rings is 1. The van der Waals surface area contributed by atoms with E-state index in [0.29, 0.717) is 6.04 Å². The summed E-state index contributed by atoms with van der Waals surface area (Å²) in [5, 5.41) is 10.3. The molecule has 0 aliphatic heterocycles. The van der Waals surface area contributed by atoms with Crippen molar-refractivity contribution in [2.45, 2.75) is 44.2 Å². The van der Waals surface area contributed by atoms with Crippen molar-refractivity contribution >= 4 is 11.6 Å². The first kappa shape index (κ1) is 13.9. The summed E-state index contributed by atoms with van der Waals surface area (Å²) in [4.78, 5) is 2.43. The van der Waals surface area contributed by atoms with Crippen molar-refractivity contribution in [3.8, 4) is 0 Å². The first-order valence-electron chi connectivity index (χ1n) is 6.78. The molecule has 100 valence electrons. The van der Waals surface area contributed by atoms with Gasteiger partial charge in [0.15, 0.2) is 0 Å². The highest BCUT2D eigenvalue weighted by atomic mass is 35.5. The van der Waals surface area contributed by atoms with Crippen molar-refractivity contribution < 1.29 is 5.11 Å². The minimum atomic E-state index is -0.0640. The summed E-state index contributed by atoms with van der Waals surface area (Å²) in [6.45, 7) is 1.07. The zero-order chi connectivity index (χ0) is 13.0. The summed E-state index contributed by atoms with van der Waals surface area (Å²) in [6.07, 6.45) is 5.15. The van der Waals surface area contributed by atoms with Crippen molar-refractivity contribution in [1.29, 1.82) is 0 Å². The third kappa shape index (κ3) is 3.98. The van der Waals surface area contributed by atoms with E-state index >= 15 is 0 Å². The van der Waals surface area contributed by atoms with E-state index in [-0.39, 0.29) is 6.10 Å². The fourth-order valence-electron chi connectivity index (χ4n) is 2.64. The Kier molecular flexibility index (Phi) is 5.04. The normalized spacial score (nSPS) is 24.4. The van der Waals surface area contributed by atoms with Gasteiger partial charge in [-0.3, -0.25) is 0 Å². The van der Waals surface area contributed by atoms with Crippen molar-refractivity contribution in [3.63, 3.8) is 0 Å². The van der Waals surface area contributed by atoms with E-state index in [4.69, 9.17) is 11.6 Å². The first-order valence-corrected chi connectivity index (χ1v) is 7.15. The summed E-state index contributed by atoms with van der Waals surface area (Å²) in [5.74, 6) is 0. The van der Waals surface area contributed by atoms with Gasteiger partial charge >= 0.3 is 0 Å². The van der Waals surface area contributed by atoms with Crippen molar-refractivity contribution in [2.24, 2.45) is 0 Å². The fraction of sp³-hybridized carbons (Fsp3) is 0.600. The van der Waals surface area contributed by atoms with Crippen LogP contribution in [0.5, 0.6) is 0 Å². The quantitative estimate of drug-likeness (QED) is 0.906. The Bertz CT molecular complexity index is 357. The van der Waals surface area contributed by atoms with Crippen LogP contribution >= 0.6 is 11.6 Å². The third-order valence-electron chi connectivity index (χ3n) is 3.96. The van der Waals surface area contributed by atoms with E-state index in [9.17, 15) is 5.11 Å². The number of halogens is 1. The molecule has 1 fully saturated rings. The molecule has 0 spiro atoms.